The molecule has 36 heavy (non-hydrogen) atoms. The number of nitrogens with zero attached hydrogens (tertiary/aromatic N) is 2. The first kappa shape index (κ1) is 29.4. The van der Waals surface area contributed by atoms with Crippen molar-refractivity contribution in [3.8, 4) is 0 Å². The molecule has 1 atom stereocenters. The van der Waals surface area contributed by atoms with Crippen molar-refractivity contribution in [2.24, 2.45) is 15.9 Å². The van der Waals surface area contributed by atoms with Gasteiger partial charge in [-0.15, -0.1) is 6.58 Å². The highest BCUT2D eigenvalue weighted by atomic mass is 35.5. The molecule has 4 nitrogen and oxygen atoms in total. The Labute approximate surface area is 228 Å². The Morgan fingerprint density at radius 1 is 1.17 bits per heavy atom. The summed E-state index contributed by atoms with van der Waals surface area (Å²) in [7, 11) is 0. The van der Waals surface area contributed by atoms with Crippen molar-refractivity contribution in [2.75, 3.05) is 6.54 Å². The molecule has 0 bridgehead atoms. The van der Waals surface area contributed by atoms with E-state index in [-0.39, 0.29) is 11.8 Å². The number of carbonyl (C=O) groups is 1. The van der Waals surface area contributed by atoms with Crippen LogP contribution in [0.4, 0.5) is 0 Å². The van der Waals surface area contributed by atoms with Crippen LogP contribution in [0.3, 0.4) is 0 Å². The number of benzene rings is 2. The second-order valence-corrected chi connectivity index (χ2v) is 9.37. The van der Waals surface area contributed by atoms with Crippen LogP contribution in [0, 0.1) is 5.92 Å². The van der Waals surface area contributed by atoms with Crippen molar-refractivity contribution in [3.05, 3.63) is 112 Å². The highest BCUT2D eigenvalue weighted by Crippen LogP contribution is 2.32. The Kier molecular flexibility index (Phi) is 13.1. The third-order valence-corrected chi connectivity index (χ3v) is 6.66. The van der Waals surface area contributed by atoms with Gasteiger partial charge in [-0.2, -0.15) is 0 Å². The molecule has 1 amide bonds. The number of nitrogens with one attached hydrogen (secondary N) is 1. The number of amides is 1. The molecule has 1 aliphatic rings. The smallest absolute Gasteiger partial charge is 0.230 e. The number of hydrogen-bond donors (Lipinski definition) is 1. The maximum absolute atomic E-state index is 11.6. The van der Waals surface area contributed by atoms with E-state index in [1.54, 1.807) is 36.3 Å². The molecule has 1 unspecified atom stereocenters. The zero-order valence-electron chi connectivity index (χ0n) is 20.7. The number of thioether (sulfide) groups is 1. The van der Waals surface area contributed by atoms with Crippen molar-refractivity contribution in [1.29, 1.82) is 0 Å². The van der Waals surface area contributed by atoms with Gasteiger partial charge in [0.15, 0.2) is 0 Å². The van der Waals surface area contributed by atoms with Crippen LogP contribution in [0.15, 0.2) is 106 Å². The van der Waals surface area contributed by atoms with E-state index in [1.165, 1.54) is 4.90 Å². The number of hydrogen-bond acceptors (Lipinski definition) is 4. The number of carbonyl (C=O) groups excluding carboxylic acids is 1. The third kappa shape index (κ3) is 9.30. The molecule has 2 aromatic carbocycles. The fourth-order valence-corrected chi connectivity index (χ4v) is 4.22. The summed E-state index contributed by atoms with van der Waals surface area (Å²) in [5, 5.41) is 5.98. The van der Waals surface area contributed by atoms with E-state index < -0.39 is 0 Å². The summed E-state index contributed by atoms with van der Waals surface area (Å²) in [6.07, 6.45) is 11.4. The standard InChI is InChI=1S/C16H11Cl2NS.C13H20N2O/c1-10-9-20-15-5-3-2-4-12(15)16(19-10)11-6-7-13(17)14(18)8-11;1-4-8-12(6-3)13(16)15-11-7-10-14-9-5-2/h2-9H,1H3;4-6,8-10,12H,3,7,11H2,1-2H3,(H,15,16)/b;8-4-,9-5-,14-10?. The van der Waals surface area contributed by atoms with Gasteiger partial charge in [0.05, 0.1) is 21.7 Å². The van der Waals surface area contributed by atoms with Crippen molar-refractivity contribution < 1.29 is 4.79 Å². The fourth-order valence-electron chi connectivity index (χ4n) is 3.12. The molecule has 0 fully saturated rings. The molecule has 0 spiro atoms. The first-order valence-corrected chi connectivity index (χ1v) is 13.2. The summed E-state index contributed by atoms with van der Waals surface area (Å²) in [4.78, 5) is 21.5. The molecule has 0 saturated carbocycles. The molecule has 0 radical (unpaired) electrons. The van der Waals surface area contributed by atoms with Gasteiger partial charge in [-0.25, -0.2) is 0 Å². The zero-order chi connectivity index (χ0) is 26.3. The molecular formula is C29H31Cl2N3OS. The Hall–Kier alpha value is -2.86. The predicted molar refractivity (Wildman–Crippen MR) is 158 cm³/mol. The maximum atomic E-state index is 11.6. The molecule has 0 aromatic heterocycles. The van der Waals surface area contributed by atoms with Gasteiger partial charge in [-0.1, -0.05) is 83.5 Å². The molecule has 2 aromatic rings. The molecule has 7 heteroatoms. The van der Waals surface area contributed by atoms with Gasteiger partial charge in [0, 0.05) is 47.1 Å². The van der Waals surface area contributed by atoms with Crippen LogP contribution >= 0.6 is 35.0 Å². The van der Waals surface area contributed by atoms with Crippen LogP contribution < -0.4 is 5.32 Å². The summed E-state index contributed by atoms with van der Waals surface area (Å²) < 4.78 is 0. The largest absolute Gasteiger partial charge is 0.355 e. The quantitative estimate of drug-likeness (QED) is 0.208. The van der Waals surface area contributed by atoms with E-state index in [9.17, 15) is 4.79 Å². The van der Waals surface area contributed by atoms with Gasteiger partial charge in [-0.05, 0) is 44.4 Å². The second kappa shape index (κ2) is 16.0. The molecule has 3 rings (SSSR count). The Balaban J connectivity index is 0.000000262. The van der Waals surface area contributed by atoms with Gasteiger partial charge in [0.25, 0.3) is 0 Å². The number of aliphatic imine (C=N–C) groups is 2. The molecule has 0 aliphatic carbocycles. The SMILES string of the molecule is C=CC(/C=C\C)C(=O)NCCC=N/C=C\C.CC1=CSc2ccccc2C(c2ccc(Cl)c(Cl)c2)=N1. The summed E-state index contributed by atoms with van der Waals surface area (Å²) >= 11 is 13.8. The van der Waals surface area contributed by atoms with Crippen LogP contribution in [0.5, 0.6) is 0 Å². The van der Waals surface area contributed by atoms with Gasteiger partial charge < -0.3 is 5.32 Å². The van der Waals surface area contributed by atoms with E-state index in [0.29, 0.717) is 16.6 Å². The zero-order valence-corrected chi connectivity index (χ0v) is 23.1. The predicted octanol–water partition coefficient (Wildman–Crippen LogP) is 8.27. The lowest BCUT2D eigenvalue weighted by atomic mass is 10.0. The van der Waals surface area contributed by atoms with E-state index in [0.717, 1.165) is 29.0 Å². The van der Waals surface area contributed by atoms with Crippen LogP contribution in [0.1, 0.15) is 38.3 Å². The summed E-state index contributed by atoms with van der Waals surface area (Å²) in [6.45, 7) is 10.0. The Morgan fingerprint density at radius 2 is 1.94 bits per heavy atom. The van der Waals surface area contributed by atoms with Gasteiger partial charge in [0.1, 0.15) is 0 Å². The lowest BCUT2D eigenvalue weighted by Crippen LogP contribution is -2.29. The fraction of sp³-hybridized carbons (Fsp3) is 0.207. The van der Waals surface area contributed by atoms with Gasteiger partial charge >= 0.3 is 0 Å². The molecule has 1 aliphatic heterocycles. The van der Waals surface area contributed by atoms with Crippen molar-refractivity contribution in [1.82, 2.24) is 5.32 Å². The minimum absolute atomic E-state index is 0.0208. The molecular weight excluding hydrogens is 509 g/mol. The van der Waals surface area contributed by atoms with Crippen molar-refractivity contribution in [3.63, 3.8) is 0 Å². The van der Waals surface area contributed by atoms with Crippen LogP contribution in [0.2, 0.25) is 10.0 Å². The highest BCUT2D eigenvalue weighted by Gasteiger charge is 2.15. The number of rotatable bonds is 8. The van der Waals surface area contributed by atoms with E-state index >= 15 is 0 Å². The Morgan fingerprint density at radius 3 is 2.64 bits per heavy atom. The van der Waals surface area contributed by atoms with E-state index in [4.69, 9.17) is 28.2 Å². The topological polar surface area (TPSA) is 53.8 Å². The summed E-state index contributed by atoms with van der Waals surface area (Å²) in [5.41, 5.74) is 4.00. The van der Waals surface area contributed by atoms with Gasteiger partial charge in [-0.3, -0.25) is 14.8 Å². The van der Waals surface area contributed by atoms with Crippen molar-refractivity contribution in [2.45, 2.75) is 32.1 Å². The first-order chi connectivity index (χ1) is 17.4. The highest BCUT2D eigenvalue weighted by molar-refractivity contribution is 8.02. The summed E-state index contributed by atoms with van der Waals surface area (Å²) in [6, 6.07) is 13.9. The number of fused-ring (bicyclic) bond motifs is 1. The van der Waals surface area contributed by atoms with Crippen LogP contribution in [0.25, 0.3) is 0 Å². The molecule has 1 N–H and O–H groups in total. The molecule has 188 valence electrons. The Bertz CT molecular complexity index is 1200. The third-order valence-electron chi connectivity index (χ3n) is 4.85. The average Bonchev–Trinajstić information content (AvgIpc) is 3.05. The first-order valence-electron chi connectivity index (χ1n) is 11.5. The maximum Gasteiger partial charge on any atom is 0.230 e. The van der Waals surface area contributed by atoms with Crippen LogP contribution in [-0.4, -0.2) is 24.4 Å². The normalized spacial score (nSPS) is 13.9. The second-order valence-electron chi connectivity index (χ2n) is 7.64. The lowest BCUT2D eigenvalue weighted by Gasteiger charge is -2.10. The molecule has 1 heterocycles. The minimum Gasteiger partial charge on any atom is -0.355 e. The number of halogens is 2. The van der Waals surface area contributed by atoms with Crippen molar-refractivity contribution >= 4 is 52.8 Å². The van der Waals surface area contributed by atoms with E-state index in [2.05, 4.69) is 34.4 Å². The minimum atomic E-state index is -0.238. The number of allylic oxidation sites excluding steroid dienone is 3. The molecule has 0 saturated heterocycles. The monoisotopic (exact) mass is 539 g/mol. The van der Waals surface area contributed by atoms with E-state index in [1.807, 2.05) is 63.3 Å². The lowest BCUT2D eigenvalue weighted by molar-refractivity contribution is -0.122. The van der Waals surface area contributed by atoms with Crippen LogP contribution in [-0.2, 0) is 4.79 Å². The average molecular weight is 541 g/mol. The summed E-state index contributed by atoms with van der Waals surface area (Å²) in [5.74, 6) is -0.259. The van der Waals surface area contributed by atoms with Gasteiger partial charge in [0.2, 0.25) is 5.91 Å².